The van der Waals surface area contributed by atoms with E-state index in [-0.39, 0.29) is 23.9 Å². The number of benzene rings is 2. The molecule has 7 nitrogen and oxygen atoms in total. The van der Waals surface area contributed by atoms with Gasteiger partial charge in [0.15, 0.2) is 0 Å². The Morgan fingerprint density at radius 2 is 1.84 bits per heavy atom. The molecule has 2 aromatic carbocycles. The molecule has 0 atom stereocenters. The number of hydrogen-bond donors (Lipinski definition) is 2. The molecule has 4 aromatic rings. The highest BCUT2D eigenvalue weighted by atomic mass is 35.5. The first-order valence-corrected chi connectivity index (χ1v) is 10.9. The molecule has 2 N–H and O–H groups in total. The molecule has 2 amide bonds. The van der Waals surface area contributed by atoms with Gasteiger partial charge in [-0.2, -0.15) is 0 Å². The monoisotopic (exact) mass is 466 g/mol. The number of nitrogens with zero attached hydrogens (tertiary/aromatic N) is 2. The number of carbonyl (C=O) groups excluding carboxylic acids is 2. The van der Waals surface area contributed by atoms with E-state index in [2.05, 4.69) is 15.6 Å². The number of thiophene rings is 1. The summed E-state index contributed by atoms with van der Waals surface area (Å²) in [5.41, 5.74) is 2.26. The van der Waals surface area contributed by atoms with Gasteiger partial charge < -0.3 is 10.6 Å². The Labute approximate surface area is 192 Å². The normalized spacial score (nSPS) is 10.8. The molecule has 0 unspecified atom stereocenters. The summed E-state index contributed by atoms with van der Waals surface area (Å²) >= 11 is 7.15. The summed E-state index contributed by atoms with van der Waals surface area (Å²) in [6, 6.07) is 14.3. The fourth-order valence-electron chi connectivity index (χ4n) is 3.27. The smallest absolute Gasteiger partial charge is 0.266 e. The average Bonchev–Trinajstić information content (AvgIpc) is 3.11. The second-order valence-corrected chi connectivity index (χ2v) is 8.68. The van der Waals surface area contributed by atoms with Crippen molar-refractivity contribution in [3.63, 3.8) is 0 Å². The van der Waals surface area contributed by atoms with E-state index in [1.807, 2.05) is 25.1 Å². The quantitative estimate of drug-likeness (QED) is 0.449. The van der Waals surface area contributed by atoms with Crippen molar-refractivity contribution < 1.29 is 9.59 Å². The summed E-state index contributed by atoms with van der Waals surface area (Å²) in [6.45, 7) is 3.35. The molecule has 0 spiro atoms. The Morgan fingerprint density at radius 3 is 2.59 bits per heavy atom. The van der Waals surface area contributed by atoms with Gasteiger partial charge in [-0.05, 0) is 49.2 Å². The predicted molar refractivity (Wildman–Crippen MR) is 128 cm³/mol. The Balaban J connectivity index is 1.59. The highest BCUT2D eigenvalue weighted by Gasteiger charge is 2.20. The van der Waals surface area contributed by atoms with Gasteiger partial charge in [0, 0.05) is 16.4 Å². The van der Waals surface area contributed by atoms with Gasteiger partial charge in [0.25, 0.3) is 11.5 Å². The summed E-state index contributed by atoms with van der Waals surface area (Å²) in [5, 5.41) is 6.43. The minimum Gasteiger partial charge on any atom is -0.324 e. The molecule has 0 aliphatic heterocycles. The van der Waals surface area contributed by atoms with Crippen LogP contribution in [0.5, 0.6) is 0 Å². The molecule has 0 aliphatic carbocycles. The van der Waals surface area contributed by atoms with E-state index in [1.54, 1.807) is 37.3 Å². The van der Waals surface area contributed by atoms with Gasteiger partial charge in [-0.1, -0.05) is 35.9 Å². The molecule has 0 radical (unpaired) electrons. The third-order valence-electron chi connectivity index (χ3n) is 4.94. The zero-order chi connectivity index (χ0) is 22.8. The van der Waals surface area contributed by atoms with Crippen LogP contribution >= 0.6 is 22.9 Å². The lowest BCUT2D eigenvalue weighted by atomic mass is 10.2. The van der Waals surface area contributed by atoms with Crippen molar-refractivity contribution in [1.82, 2.24) is 9.55 Å². The third kappa shape index (κ3) is 4.42. The maximum Gasteiger partial charge on any atom is 0.266 e. The molecule has 2 aromatic heterocycles. The van der Waals surface area contributed by atoms with Crippen LogP contribution in [0, 0.1) is 13.8 Å². The van der Waals surface area contributed by atoms with Crippen LogP contribution in [0.1, 0.15) is 20.8 Å². The van der Waals surface area contributed by atoms with E-state index in [9.17, 15) is 14.4 Å². The molecular weight excluding hydrogens is 448 g/mol. The van der Waals surface area contributed by atoms with Gasteiger partial charge in [-0.15, -0.1) is 11.3 Å². The first-order chi connectivity index (χ1) is 15.3. The van der Waals surface area contributed by atoms with Crippen molar-refractivity contribution in [2.45, 2.75) is 20.4 Å². The number of halogens is 1. The highest BCUT2D eigenvalue weighted by molar-refractivity contribution is 7.20. The number of amides is 2. The van der Waals surface area contributed by atoms with E-state index in [0.717, 1.165) is 16.9 Å². The number of hydrogen-bond acceptors (Lipinski definition) is 5. The van der Waals surface area contributed by atoms with Crippen LogP contribution in [-0.4, -0.2) is 21.4 Å². The number of fused-ring (bicyclic) bond motifs is 1. The van der Waals surface area contributed by atoms with Gasteiger partial charge in [-0.3, -0.25) is 19.0 Å². The van der Waals surface area contributed by atoms with Gasteiger partial charge in [0.2, 0.25) is 5.91 Å². The van der Waals surface area contributed by atoms with E-state index in [4.69, 9.17) is 11.6 Å². The molecule has 0 aliphatic rings. The van der Waals surface area contributed by atoms with Gasteiger partial charge in [-0.25, -0.2) is 4.98 Å². The maximum absolute atomic E-state index is 13.0. The van der Waals surface area contributed by atoms with Crippen molar-refractivity contribution in [3.8, 4) is 0 Å². The van der Waals surface area contributed by atoms with E-state index in [0.29, 0.717) is 37.1 Å². The Hall–Kier alpha value is -3.49. The Kier molecular flexibility index (Phi) is 6.07. The van der Waals surface area contributed by atoms with Crippen LogP contribution in [0.15, 0.2) is 59.7 Å². The number of aromatic nitrogens is 2. The number of anilines is 2. The minimum absolute atomic E-state index is 0.214. The van der Waals surface area contributed by atoms with Crippen molar-refractivity contribution >= 4 is 56.3 Å². The molecule has 0 saturated carbocycles. The maximum atomic E-state index is 13.0. The second-order valence-electron chi connectivity index (χ2n) is 7.24. The zero-order valence-corrected chi connectivity index (χ0v) is 18.9. The molecule has 0 saturated heterocycles. The average molecular weight is 467 g/mol. The largest absolute Gasteiger partial charge is 0.324 e. The summed E-state index contributed by atoms with van der Waals surface area (Å²) in [7, 11) is 0. The van der Waals surface area contributed by atoms with Crippen molar-refractivity contribution in [2.75, 3.05) is 10.6 Å². The first kappa shape index (κ1) is 21.7. The summed E-state index contributed by atoms with van der Waals surface area (Å²) < 4.78 is 1.23. The fourth-order valence-corrected chi connectivity index (χ4v) is 4.48. The molecule has 2 heterocycles. The van der Waals surface area contributed by atoms with E-state index >= 15 is 0 Å². The van der Waals surface area contributed by atoms with Crippen molar-refractivity contribution in [3.05, 3.63) is 86.2 Å². The lowest BCUT2D eigenvalue weighted by Gasteiger charge is -2.10. The van der Waals surface area contributed by atoms with Gasteiger partial charge in [0.1, 0.15) is 11.4 Å². The second kappa shape index (κ2) is 8.94. The van der Waals surface area contributed by atoms with E-state index in [1.165, 1.54) is 10.9 Å². The molecule has 9 heteroatoms. The fraction of sp³-hybridized carbons (Fsp3) is 0.130. The highest BCUT2D eigenvalue weighted by Crippen LogP contribution is 2.27. The molecular formula is C23H19ClN4O3S. The Morgan fingerprint density at radius 1 is 1.09 bits per heavy atom. The third-order valence-corrected chi connectivity index (χ3v) is 6.38. The molecule has 0 bridgehead atoms. The SMILES string of the molecule is Cc1ccc(Cl)cc1NC(=O)Cn1cnc2sc(C(=O)Nc3ccccc3)c(C)c2c1=O. The first-order valence-electron chi connectivity index (χ1n) is 9.74. The summed E-state index contributed by atoms with van der Waals surface area (Å²) in [4.78, 5) is 43.5. The Bertz CT molecular complexity index is 1400. The van der Waals surface area contributed by atoms with Gasteiger partial charge >= 0.3 is 0 Å². The van der Waals surface area contributed by atoms with Crippen LogP contribution in [0.4, 0.5) is 11.4 Å². The van der Waals surface area contributed by atoms with Crippen LogP contribution in [-0.2, 0) is 11.3 Å². The van der Waals surface area contributed by atoms with Crippen LogP contribution in [0.2, 0.25) is 5.02 Å². The predicted octanol–water partition coefficient (Wildman–Crippen LogP) is 4.62. The minimum atomic E-state index is -0.381. The molecule has 162 valence electrons. The lowest BCUT2D eigenvalue weighted by molar-refractivity contribution is -0.116. The molecule has 0 fully saturated rings. The number of nitrogens with one attached hydrogen (secondary N) is 2. The lowest BCUT2D eigenvalue weighted by Crippen LogP contribution is -2.28. The number of aryl methyl sites for hydroxylation is 2. The summed E-state index contributed by atoms with van der Waals surface area (Å²) in [5.74, 6) is -0.689. The van der Waals surface area contributed by atoms with Crippen LogP contribution < -0.4 is 16.2 Å². The van der Waals surface area contributed by atoms with Crippen molar-refractivity contribution in [1.29, 1.82) is 0 Å². The zero-order valence-electron chi connectivity index (χ0n) is 17.3. The number of carbonyl (C=O) groups is 2. The number of rotatable bonds is 5. The topological polar surface area (TPSA) is 93.1 Å². The van der Waals surface area contributed by atoms with Crippen molar-refractivity contribution in [2.24, 2.45) is 0 Å². The van der Waals surface area contributed by atoms with Crippen LogP contribution in [0.25, 0.3) is 10.2 Å². The standard InChI is InChI=1S/C23H19ClN4O3S/c1-13-8-9-15(24)10-17(13)27-18(29)11-28-12-25-22-19(23(28)31)14(2)20(32-22)21(30)26-16-6-4-3-5-7-16/h3-10,12H,11H2,1-2H3,(H,26,30)(H,27,29). The van der Waals surface area contributed by atoms with Gasteiger partial charge in [0.05, 0.1) is 16.6 Å². The number of para-hydroxylation sites is 1. The molecule has 4 rings (SSSR count). The summed E-state index contributed by atoms with van der Waals surface area (Å²) in [6.07, 6.45) is 1.32. The van der Waals surface area contributed by atoms with Crippen LogP contribution in [0.3, 0.4) is 0 Å². The van der Waals surface area contributed by atoms with E-state index < -0.39 is 0 Å². The molecule has 32 heavy (non-hydrogen) atoms.